The zero-order valence-corrected chi connectivity index (χ0v) is 8.60. The molecule has 15 heavy (non-hydrogen) atoms. The van der Waals surface area contributed by atoms with Gasteiger partial charge in [0.15, 0.2) is 0 Å². The minimum atomic E-state index is -0.436. The van der Waals surface area contributed by atoms with Gasteiger partial charge in [-0.1, -0.05) is 6.92 Å². The first-order valence-corrected chi connectivity index (χ1v) is 4.79. The summed E-state index contributed by atoms with van der Waals surface area (Å²) < 4.78 is 5.34. The van der Waals surface area contributed by atoms with Crippen molar-refractivity contribution < 1.29 is 9.66 Å². The van der Waals surface area contributed by atoms with Crippen LogP contribution in [0.2, 0.25) is 0 Å². The number of benzene rings is 1. The molecule has 82 valence electrons. The van der Waals surface area contributed by atoms with Crippen LogP contribution in [0.1, 0.15) is 12.5 Å². The summed E-state index contributed by atoms with van der Waals surface area (Å²) >= 11 is 0. The van der Waals surface area contributed by atoms with Gasteiger partial charge in [-0.2, -0.15) is 0 Å². The highest BCUT2D eigenvalue weighted by Gasteiger charge is 2.10. The summed E-state index contributed by atoms with van der Waals surface area (Å²) in [5, 5.41) is 10.6. The maximum atomic E-state index is 10.6. The Labute approximate surface area is 88.0 Å². The topological polar surface area (TPSA) is 78.4 Å². The van der Waals surface area contributed by atoms with Crippen LogP contribution in [0.3, 0.4) is 0 Å². The maximum absolute atomic E-state index is 10.6. The number of rotatable bonds is 5. The third-order valence-corrected chi connectivity index (χ3v) is 2.02. The van der Waals surface area contributed by atoms with Gasteiger partial charge in [-0.25, -0.2) is 0 Å². The lowest BCUT2D eigenvalue weighted by Gasteiger charge is -2.08. The molecule has 0 amide bonds. The van der Waals surface area contributed by atoms with Gasteiger partial charge in [-0.3, -0.25) is 10.1 Å². The molecule has 0 aromatic heterocycles. The molecular formula is C10H14N2O3. The number of nitrogens with two attached hydrogens (primary N) is 1. The number of non-ortho nitro benzene ring substituents is 1. The van der Waals surface area contributed by atoms with Gasteiger partial charge in [-0.05, 0) is 18.1 Å². The zero-order valence-electron chi connectivity index (χ0n) is 8.60. The molecule has 1 rings (SSSR count). The number of aryl methyl sites for hydroxylation is 1. The van der Waals surface area contributed by atoms with Crippen LogP contribution in [-0.4, -0.2) is 18.1 Å². The quantitative estimate of drug-likeness (QED) is 0.590. The Morgan fingerprint density at radius 3 is 2.80 bits per heavy atom. The van der Waals surface area contributed by atoms with Crippen molar-refractivity contribution in [3.63, 3.8) is 0 Å². The molecule has 0 saturated heterocycles. The lowest BCUT2D eigenvalue weighted by atomic mass is 10.1. The lowest BCUT2D eigenvalue weighted by Crippen LogP contribution is -2.11. The van der Waals surface area contributed by atoms with Gasteiger partial charge < -0.3 is 10.5 Å². The molecule has 0 spiro atoms. The van der Waals surface area contributed by atoms with E-state index >= 15 is 0 Å². The van der Waals surface area contributed by atoms with Gasteiger partial charge >= 0.3 is 0 Å². The van der Waals surface area contributed by atoms with E-state index in [0.29, 0.717) is 18.9 Å². The van der Waals surface area contributed by atoms with Gasteiger partial charge in [0.25, 0.3) is 5.69 Å². The number of hydrogen-bond donors (Lipinski definition) is 1. The van der Waals surface area contributed by atoms with Crippen LogP contribution in [0.25, 0.3) is 0 Å². The number of nitro groups is 1. The minimum absolute atomic E-state index is 0.0409. The first kappa shape index (κ1) is 11.5. The Morgan fingerprint density at radius 2 is 2.27 bits per heavy atom. The highest BCUT2D eigenvalue weighted by Crippen LogP contribution is 2.25. The van der Waals surface area contributed by atoms with Crippen LogP contribution in [0.15, 0.2) is 18.2 Å². The van der Waals surface area contributed by atoms with E-state index in [1.807, 2.05) is 6.92 Å². The van der Waals surface area contributed by atoms with Gasteiger partial charge in [0.05, 0.1) is 11.0 Å². The molecular weight excluding hydrogens is 196 g/mol. The van der Waals surface area contributed by atoms with E-state index in [0.717, 1.165) is 12.0 Å². The second-order valence-corrected chi connectivity index (χ2v) is 3.04. The first-order valence-electron chi connectivity index (χ1n) is 4.79. The van der Waals surface area contributed by atoms with E-state index in [4.69, 9.17) is 10.5 Å². The Morgan fingerprint density at radius 1 is 1.53 bits per heavy atom. The van der Waals surface area contributed by atoms with Gasteiger partial charge in [0.2, 0.25) is 0 Å². The third-order valence-electron chi connectivity index (χ3n) is 2.02. The summed E-state index contributed by atoms with van der Waals surface area (Å²) in [6.07, 6.45) is 0.776. The summed E-state index contributed by atoms with van der Waals surface area (Å²) in [4.78, 5) is 10.1. The van der Waals surface area contributed by atoms with Crippen LogP contribution >= 0.6 is 0 Å². The molecule has 0 bridgehead atoms. The van der Waals surface area contributed by atoms with Crippen molar-refractivity contribution in [3.05, 3.63) is 33.9 Å². The molecule has 1 aromatic rings. The average Bonchev–Trinajstić information content (AvgIpc) is 2.25. The predicted molar refractivity (Wildman–Crippen MR) is 57.0 cm³/mol. The van der Waals surface area contributed by atoms with Crippen molar-refractivity contribution in [1.29, 1.82) is 0 Å². The van der Waals surface area contributed by atoms with E-state index in [2.05, 4.69) is 0 Å². The van der Waals surface area contributed by atoms with E-state index in [1.54, 1.807) is 6.07 Å². The maximum Gasteiger partial charge on any atom is 0.273 e. The number of nitro benzene ring substituents is 1. The van der Waals surface area contributed by atoms with Crippen LogP contribution in [-0.2, 0) is 6.42 Å². The monoisotopic (exact) mass is 210 g/mol. The second kappa shape index (κ2) is 5.31. The largest absolute Gasteiger partial charge is 0.492 e. The molecule has 0 aliphatic carbocycles. The molecule has 0 aliphatic rings. The molecule has 0 radical (unpaired) electrons. The minimum Gasteiger partial charge on any atom is -0.492 e. The molecule has 5 heteroatoms. The zero-order chi connectivity index (χ0) is 11.3. The van der Waals surface area contributed by atoms with Crippen molar-refractivity contribution in [2.45, 2.75) is 13.3 Å². The fourth-order valence-corrected chi connectivity index (χ4v) is 1.25. The fourth-order valence-electron chi connectivity index (χ4n) is 1.25. The number of nitrogens with zero attached hydrogens (tertiary/aromatic N) is 1. The van der Waals surface area contributed by atoms with Crippen molar-refractivity contribution in [2.24, 2.45) is 5.73 Å². The lowest BCUT2D eigenvalue weighted by molar-refractivity contribution is -0.384. The normalized spacial score (nSPS) is 10.0. The third kappa shape index (κ3) is 2.92. The Hall–Kier alpha value is -1.62. The molecule has 0 aliphatic heterocycles. The fraction of sp³-hybridized carbons (Fsp3) is 0.400. The molecule has 0 saturated carbocycles. The molecule has 0 atom stereocenters. The molecule has 0 unspecified atom stereocenters. The predicted octanol–water partition coefficient (Wildman–Crippen LogP) is 1.49. The first-order chi connectivity index (χ1) is 7.19. The standard InChI is InChI=1S/C10H14N2O3/c1-2-8-3-4-9(12(13)14)7-10(8)15-6-5-11/h3-4,7H,2,5-6,11H2,1H3. The van der Waals surface area contributed by atoms with Crippen molar-refractivity contribution in [3.8, 4) is 5.75 Å². The summed E-state index contributed by atoms with van der Waals surface area (Å²) in [5.41, 5.74) is 6.30. The van der Waals surface area contributed by atoms with E-state index in [1.165, 1.54) is 12.1 Å². The molecule has 0 fully saturated rings. The average molecular weight is 210 g/mol. The van der Waals surface area contributed by atoms with Gasteiger partial charge in [0, 0.05) is 12.6 Å². The van der Waals surface area contributed by atoms with Crippen LogP contribution in [0.5, 0.6) is 5.75 Å². The number of hydrogen-bond acceptors (Lipinski definition) is 4. The summed E-state index contributed by atoms with van der Waals surface area (Å²) in [6, 6.07) is 4.63. The van der Waals surface area contributed by atoms with Gasteiger partial charge in [-0.15, -0.1) is 0 Å². The van der Waals surface area contributed by atoms with Crippen molar-refractivity contribution >= 4 is 5.69 Å². The SMILES string of the molecule is CCc1ccc([N+](=O)[O-])cc1OCCN. The van der Waals surface area contributed by atoms with Crippen molar-refractivity contribution in [2.75, 3.05) is 13.2 Å². The van der Waals surface area contributed by atoms with Crippen molar-refractivity contribution in [1.82, 2.24) is 0 Å². The summed E-state index contributed by atoms with van der Waals surface area (Å²) in [7, 11) is 0. The Balaban J connectivity index is 2.96. The van der Waals surface area contributed by atoms with Crippen LogP contribution in [0, 0.1) is 10.1 Å². The number of ether oxygens (including phenoxy) is 1. The molecule has 1 aromatic carbocycles. The summed E-state index contributed by atoms with van der Waals surface area (Å²) in [5.74, 6) is 0.553. The molecule has 2 N–H and O–H groups in total. The highest BCUT2D eigenvalue weighted by molar-refractivity contribution is 5.44. The molecule has 5 nitrogen and oxygen atoms in total. The Bertz CT molecular complexity index is 353. The van der Waals surface area contributed by atoms with E-state index in [9.17, 15) is 10.1 Å². The smallest absolute Gasteiger partial charge is 0.273 e. The van der Waals surface area contributed by atoms with Crippen LogP contribution < -0.4 is 10.5 Å². The van der Waals surface area contributed by atoms with E-state index < -0.39 is 4.92 Å². The second-order valence-electron chi connectivity index (χ2n) is 3.04. The summed E-state index contributed by atoms with van der Waals surface area (Å²) in [6.45, 7) is 2.73. The Kier molecular flexibility index (Phi) is 4.05. The van der Waals surface area contributed by atoms with Gasteiger partial charge in [0.1, 0.15) is 12.4 Å². The molecule has 0 heterocycles. The highest BCUT2D eigenvalue weighted by atomic mass is 16.6. The van der Waals surface area contributed by atoms with E-state index in [-0.39, 0.29) is 5.69 Å². The van der Waals surface area contributed by atoms with Crippen LogP contribution in [0.4, 0.5) is 5.69 Å².